The van der Waals surface area contributed by atoms with Crippen molar-refractivity contribution in [2.24, 2.45) is 0 Å². The number of nitrogens with zero attached hydrogens (tertiary/aromatic N) is 3. The molecule has 0 fully saturated rings. The van der Waals surface area contributed by atoms with Crippen molar-refractivity contribution in [2.75, 3.05) is 4.72 Å². The van der Waals surface area contributed by atoms with Crippen LogP contribution >= 0.6 is 0 Å². The zero-order valence-corrected chi connectivity index (χ0v) is 16.5. The Morgan fingerprint density at radius 1 is 1.03 bits per heavy atom. The van der Waals surface area contributed by atoms with E-state index in [4.69, 9.17) is 0 Å². The topological polar surface area (TPSA) is 112 Å². The van der Waals surface area contributed by atoms with Crippen LogP contribution in [0.2, 0.25) is 0 Å². The Morgan fingerprint density at radius 3 is 2.63 bits per heavy atom. The summed E-state index contributed by atoms with van der Waals surface area (Å²) in [4.78, 5) is 7.35. The summed E-state index contributed by atoms with van der Waals surface area (Å²) in [5, 5.41) is 15.5. The van der Waals surface area contributed by atoms with Crippen molar-refractivity contribution in [1.82, 2.24) is 19.6 Å². The molecular formula is C21H17N5O3S. The fourth-order valence-electron chi connectivity index (χ4n) is 3.41. The molecule has 0 aliphatic carbocycles. The quantitative estimate of drug-likeness (QED) is 0.403. The standard InChI is InChI=1S/C21H17N5O3S/c27-21-19(20-23-18-8-4-5-11-26(18)24-20)16-12-15(9-10-17(16)22-21)25-30(28,29)13-14-6-2-1-3-7-14/h1-12,22,25,27H,13H2. The second kappa shape index (κ2) is 6.89. The highest BCUT2D eigenvalue weighted by molar-refractivity contribution is 7.91. The fourth-order valence-corrected chi connectivity index (χ4v) is 4.60. The second-order valence-electron chi connectivity index (χ2n) is 6.89. The van der Waals surface area contributed by atoms with E-state index in [-0.39, 0.29) is 11.6 Å². The van der Waals surface area contributed by atoms with Crippen molar-refractivity contribution < 1.29 is 13.5 Å². The molecule has 9 heteroatoms. The highest BCUT2D eigenvalue weighted by Gasteiger charge is 2.19. The number of sulfonamides is 1. The summed E-state index contributed by atoms with van der Waals surface area (Å²) in [5.41, 5.74) is 2.79. The summed E-state index contributed by atoms with van der Waals surface area (Å²) in [6.07, 6.45) is 1.76. The lowest BCUT2D eigenvalue weighted by atomic mass is 10.1. The van der Waals surface area contributed by atoms with Gasteiger partial charge < -0.3 is 10.1 Å². The van der Waals surface area contributed by atoms with Crippen LogP contribution < -0.4 is 4.72 Å². The minimum Gasteiger partial charge on any atom is -0.494 e. The predicted molar refractivity (Wildman–Crippen MR) is 115 cm³/mol. The van der Waals surface area contributed by atoms with E-state index >= 15 is 0 Å². The molecule has 5 aromatic rings. The number of aromatic hydroxyl groups is 1. The minimum absolute atomic E-state index is 0.0785. The lowest BCUT2D eigenvalue weighted by Crippen LogP contribution is -2.14. The maximum absolute atomic E-state index is 12.6. The molecule has 0 spiro atoms. The lowest BCUT2D eigenvalue weighted by molar-refractivity contribution is 0.460. The first-order valence-corrected chi connectivity index (χ1v) is 10.8. The van der Waals surface area contributed by atoms with Crippen molar-refractivity contribution in [3.8, 4) is 17.3 Å². The van der Waals surface area contributed by atoms with Crippen LogP contribution in [0.3, 0.4) is 0 Å². The number of H-pyrrole nitrogens is 1. The van der Waals surface area contributed by atoms with E-state index in [1.54, 1.807) is 53.2 Å². The SMILES string of the molecule is O=S(=O)(Cc1ccccc1)Nc1ccc2[nH]c(O)c(-c3nc4ccccn4n3)c2c1. The molecule has 0 saturated heterocycles. The number of anilines is 1. The van der Waals surface area contributed by atoms with Crippen molar-refractivity contribution >= 4 is 32.3 Å². The van der Waals surface area contributed by atoms with Gasteiger partial charge in [-0.3, -0.25) is 4.72 Å². The molecule has 8 nitrogen and oxygen atoms in total. The van der Waals surface area contributed by atoms with Crippen LogP contribution in [0.4, 0.5) is 5.69 Å². The molecule has 0 aliphatic rings. The van der Waals surface area contributed by atoms with Gasteiger partial charge in [-0.2, -0.15) is 0 Å². The van der Waals surface area contributed by atoms with Crippen LogP contribution in [0.5, 0.6) is 5.88 Å². The van der Waals surface area contributed by atoms with Gasteiger partial charge in [-0.25, -0.2) is 17.9 Å². The Morgan fingerprint density at radius 2 is 1.83 bits per heavy atom. The van der Waals surface area contributed by atoms with Crippen molar-refractivity contribution in [3.05, 3.63) is 78.5 Å². The summed E-state index contributed by atoms with van der Waals surface area (Å²) in [7, 11) is -3.61. The van der Waals surface area contributed by atoms with E-state index in [2.05, 4.69) is 19.8 Å². The molecule has 3 aromatic heterocycles. The van der Waals surface area contributed by atoms with Gasteiger partial charge in [0, 0.05) is 22.8 Å². The van der Waals surface area contributed by atoms with Crippen molar-refractivity contribution in [2.45, 2.75) is 5.75 Å². The van der Waals surface area contributed by atoms with E-state index < -0.39 is 10.0 Å². The van der Waals surface area contributed by atoms with Gasteiger partial charge in [0.2, 0.25) is 15.9 Å². The largest absolute Gasteiger partial charge is 0.494 e. The summed E-state index contributed by atoms with van der Waals surface area (Å²) >= 11 is 0. The Balaban J connectivity index is 1.53. The molecule has 2 aromatic carbocycles. The Labute approximate surface area is 171 Å². The maximum atomic E-state index is 12.6. The second-order valence-corrected chi connectivity index (χ2v) is 8.62. The number of pyridine rings is 1. The molecule has 0 radical (unpaired) electrons. The molecule has 5 rings (SSSR count). The number of hydrogen-bond donors (Lipinski definition) is 3. The van der Waals surface area contributed by atoms with Crippen LogP contribution in [-0.2, 0) is 15.8 Å². The molecule has 0 unspecified atom stereocenters. The number of hydrogen-bond acceptors (Lipinski definition) is 5. The predicted octanol–water partition coefficient (Wildman–Crippen LogP) is 3.53. The molecule has 150 valence electrons. The zero-order valence-electron chi connectivity index (χ0n) is 15.6. The van der Waals surface area contributed by atoms with Crippen LogP contribution in [0.25, 0.3) is 27.9 Å². The third kappa shape index (κ3) is 3.35. The van der Waals surface area contributed by atoms with Crippen molar-refractivity contribution in [3.63, 3.8) is 0 Å². The van der Waals surface area contributed by atoms with Gasteiger partial charge in [-0.1, -0.05) is 36.4 Å². The Kier molecular flexibility index (Phi) is 4.18. The molecular weight excluding hydrogens is 402 g/mol. The Bertz CT molecular complexity index is 1440. The summed E-state index contributed by atoms with van der Waals surface area (Å²) in [5.74, 6) is 0.130. The van der Waals surface area contributed by atoms with Gasteiger partial charge >= 0.3 is 0 Å². The lowest BCUT2D eigenvalue weighted by Gasteiger charge is -2.08. The third-order valence-electron chi connectivity index (χ3n) is 4.72. The summed E-state index contributed by atoms with van der Waals surface area (Å²) in [6.45, 7) is 0. The van der Waals surface area contributed by atoms with Crippen LogP contribution in [0.15, 0.2) is 72.9 Å². The van der Waals surface area contributed by atoms with Gasteiger partial charge in [0.1, 0.15) is 0 Å². The highest BCUT2D eigenvalue weighted by Crippen LogP contribution is 2.36. The summed E-state index contributed by atoms with van der Waals surface area (Å²) in [6, 6.07) is 19.5. The number of rotatable bonds is 5. The van der Waals surface area contributed by atoms with Gasteiger partial charge in [0.25, 0.3) is 0 Å². The van der Waals surface area contributed by atoms with Crippen LogP contribution in [0, 0.1) is 0 Å². The van der Waals surface area contributed by atoms with Gasteiger partial charge in [0.05, 0.1) is 11.3 Å². The molecule has 30 heavy (non-hydrogen) atoms. The van der Waals surface area contributed by atoms with Gasteiger partial charge in [-0.15, -0.1) is 5.10 Å². The minimum atomic E-state index is -3.61. The number of nitrogens with one attached hydrogen (secondary N) is 2. The van der Waals surface area contributed by atoms with E-state index in [0.717, 1.165) is 0 Å². The smallest absolute Gasteiger partial charge is 0.236 e. The van der Waals surface area contributed by atoms with E-state index in [1.807, 2.05) is 24.3 Å². The highest BCUT2D eigenvalue weighted by atomic mass is 32.2. The summed E-state index contributed by atoms with van der Waals surface area (Å²) < 4.78 is 29.4. The zero-order chi connectivity index (χ0) is 20.7. The van der Waals surface area contributed by atoms with E-state index in [9.17, 15) is 13.5 Å². The number of aromatic nitrogens is 4. The first kappa shape index (κ1) is 18.2. The van der Waals surface area contributed by atoms with Crippen LogP contribution in [0.1, 0.15) is 5.56 Å². The first-order valence-electron chi connectivity index (χ1n) is 9.19. The van der Waals surface area contributed by atoms with Crippen molar-refractivity contribution in [1.29, 1.82) is 0 Å². The fraction of sp³-hybridized carbons (Fsp3) is 0.0476. The third-order valence-corrected chi connectivity index (χ3v) is 5.98. The molecule has 0 bridgehead atoms. The molecule has 0 amide bonds. The van der Waals surface area contributed by atoms with E-state index in [1.165, 1.54) is 0 Å². The number of aromatic amines is 1. The first-order chi connectivity index (χ1) is 14.5. The molecule has 3 N–H and O–H groups in total. The maximum Gasteiger partial charge on any atom is 0.236 e. The van der Waals surface area contributed by atoms with Gasteiger partial charge in [0.15, 0.2) is 11.5 Å². The molecule has 0 atom stereocenters. The average Bonchev–Trinajstić information content (AvgIpc) is 3.27. The molecule has 0 aliphatic heterocycles. The number of fused-ring (bicyclic) bond motifs is 2. The monoisotopic (exact) mass is 419 g/mol. The Hall–Kier alpha value is -3.85. The van der Waals surface area contributed by atoms with Crippen LogP contribution in [-0.4, -0.2) is 33.1 Å². The molecule has 0 saturated carbocycles. The number of benzene rings is 2. The molecule has 3 heterocycles. The van der Waals surface area contributed by atoms with E-state index in [0.29, 0.717) is 39.2 Å². The average molecular weight is 419 g/mol. The normalized spacial score (nSPS) is 11.9. The van der Waals surface area contributed by atoms with Gasteiger partial charge in [-0.05, 0) is 35.9 Å².